The van der Waals surface area contributed by atoms with Gasteiger partial charge in [0, 0.05) is 13.0 Å². The van der Waals surface area contributed by atoms with E-state index in [2.05, 4.69) is 24.1 Å². The van der Waals surface area contributed by atoms with Gasteiger partial charge in [-0.15, -0.1) is 0 Å². The van der Waals surface area contributed by atoms with Gasteiger partial charge in [0.2, 0.25) is 0 Å². The van der Waals surface area contributed by atoms with Crippen LogP contribution in [-0.4, -0.2) is 35.2 Å². The van der Waals surface area contributed by atoms with E-state index in [4.69, 9.17) is 0 Å². The maximum Gasteiger partial charge on any atom is 0.125 e. The fraction of sp³-hybridized carbons (Fsp3) is 0.870. The summed E-state index contributed by atoms with van der Waals surface area (Å²) in [7, 11) is 0. The molecule has 0 spiro atoms. The molecule has 1 N–H and O–H groups in total. The zero-order valence-corrected chi connectivity index (χ0v) is 17.6. The van der Waals surface area contributed by atoms with Crippen molar-refractivity contribution >= 4 is 5.84 Å². The fourth-order valence-corrected chi connectivity index (χ4v) is 3.66. The van der Waals surface area contributed by atoms with Crippen LogP contribution in [0.5, 0.6) is 0 Å². The monoisotopic (exact) mass is 364 g/mol. The third-order valence-electron chi connectivity index (χ3n) is 5.33. The molecule has 0 saturated heterocycles. The standard InChI is InChI=1S/C23H44N2O/c1-3-4-5-6-7-8-9-10-11-12-13-14-15-16-17-18-19-23-24-20-21-25(23)22(2)26/h9-10,22,26H,3-8,11-21H2,1-2H3/b10-9+. The molecule has 1 atom stereocenters. The third-order valence-corrected chi connectivity index (χ3v) is 5.33. The minimum atomic E-state index is -0.383. The van der Waals surface area contributed by atoms with Crippen molar-refractivity contribution in [2.75, 3.05) is 13.1 Å². The summed E-state index contributed by atoms with van der Waals surface area (Å²) in [6, 6.07) is 0. The average Bonchev–Trinajstić information content (AvgIpc) is 3.10. The Bertz CT molecular complexity index is 376. The highest BCUT2D eigenvalue weighted by atomic mass is 16.3. The molecule has 1 aliphatic rings. The first-order valence-corrected chi connectivity index (χ1v) is 11.4. The first-order chi connectivity index (χ1) is 12.8. The van der Waals surface area contributed by atoms with Crippen LogP contribution >= 0.6 is 0 Å². The second kappa shape index (κ2) is 16.4. The first-order valence-electron chi connectivity index (χ1n) is 11.4. The van der Waals surface area contributed by atoms with Crippen LogP contribution in [0.15, 0.2) is 17.1 Å². The highest BCUT2D eigenvalue weighted by Crippen LogP contribution is 2.14. The number of aliphatic imine (C=N–C) groups is 1. The van der Waals surface area contributed by atoms with Crippen molar-refractivity contribution < 1.29 is 5.11 Å². The molecule has 152 valence electrons. The number of hydrogen-bond donors (Lipinski definition) is 1. The predicted octanol–water partition coefficient (Wildman–Crippen LogP) is 6.47. The van der Waals surface area contributed by atoms with Gasteiger partial charge in [0.05, 0.1) is 6.54 Å². The molecule has 1 unspecified atom stereocenters. The van der Waals surface area contributed by atoms with Crippen molar-refractivity contribution in [1.82, 2.24) is 4.90 Å². The SMILES string of the molecule is CCCCCCC/C=C/CCCCCCCCCC1=NCCN1C(C)O. The first kappa shape index (κ1) is 23.2. The number of allylic oxidation sites excluding steroid dienone is 2. The lowest BCUT2D eigenvalue weighted by Gasteiger charge is -2.23. The lowest BCUT2D eigenvalue weighted by atomic mass is 10.1. The van der Waals surface area contributed by atoms with Gasteiger partial charge in [-0.05, 0) is 39.0 Å². The van der Waals surface area contributed by atoms with Crippen LogP contribution in [0.25, 0.3) is 0 Å². The quantitative estimate of drug-likeness (QED) is 0.237. The fourth-order valence-electron chi connectivity index (χ4n) is 3.66. The minimum absolute atomic E-state index is 0.383. The maximum atomic E-state index is 9.70. The van der Waals surface area contributed by atoms with Crippen molar-refractivity contribution in [1.29, 1.82) is 0 Å². The van der Waals surface area contributed by atoms with Gasteiger partial charge in [-0.25, -0.2) is 0 Å². The molecule has 0 radical (unpaired) electrons. The van der Waals surface area contributed by atoms with Crippen molar-refractivity contribution in [3.05, 3.63) is 12.2 Å². The maximum absolute atomic E-state index is 9.70. The number of rotatable bonds is 17. The van der Waals surface area contributed by atoms with Gasteiger partial charge >= 0.3 is 0 Å². The smallest absolute Gasteiger partial charge is 0.125 e. The lowest BCUT2D eigenvalue weighted by Crippen LogP contribution is -2.35. The molecule has 0 amide bonds. The van der Waals surface area contributed by atoms with Crippen LogP contribution in [0.1, 0.15) is 110 Å². The molecule has 0 saturated carbocycles. The van der Waals surface area contributed by atoms with Gasteiger partial charge < -0.3 is 10.0 Å². The van der Waals surface area contributed by atoms with Crippen molar-refractivity contribution in [2.45, 2.75) is 116 Å². The highest BCUT2D eigenvalue weighted by Gasteiger charge is 2.19. The molecule has 0 aromatic heterocycles. The Morgan fingerprint density at radius 3 is 2.00 bits per heavy atom. The van der Waals surface area contributed by atoms with Gasteiger partial charge in [-0.2, -0.15) is 0 Å². The summed E-state index contributed by atoms with van der Waals surface area (Å²) in [4.78, 5) is 6.56. The predicted molar refractivity (Wildman–Crippen MR) is 115 cm³/mol. The van der Waals surface area contributed by atoms with E-state index in [9.17, 15) is 5.11 Å². The molecule has 3 nitrogen and oxygen atoms in total. The number of amidine groups is 1. The summed E-state index contributed by atoms with van der Waals surface area (Å²) >= 11 is 0. The molecule has 3 heteroatoms. The Morgan fingerprint density at radius 1 is 0.885 bits per heavy atom. The van der Waals surface area contributed by atoms with Gasteiger partial charge in [0.1, 0.15) is 12.1 Å². The van der Waals surface area contributed by atoms with Gasteiger partial charge in [0.15, 0.2) is 0 Å². The lowest BCUT2D eigenvalue weighted by molar-refractivity contribution is 0.0766. The van der Waals surface area contributed by atoms with Gasteiger partial charge in [0.25, 0.3) is 0 Å². The molecule has 26 heavy (non-hydrogen) atoms. The molecule has 0 aliphatic carbocycles. The molecule has 0 fully saturated rings. The summed E-state index contributed by atoms with van der Waals surface area (Å²) in [5.74, 6) is 1.12. The zero-order valence-electron chi connectivity index (χ0n) is 17.6. The van der Waals surface area contributed by atoms with E-state index < -0.39 is 0 Å². The van der Waals surface area contributed by atoms with E-state index in [0.717, 1.165) is 25.3 Å². The number of hydrogen-bond acceptors (Lipinski definition) is 3. The molecular weight excluding hydrogens is 320 g/mol. The van der Waals surface area contributed by atoms with Crippen LogP contribution in [0.4, 0.5) is 0 Å². The average molecular weight is 365 g/mol. The zero-order chi connectivity index (χ0) is 18.9. The van der Waals surface area contributed by atoms with Crippen LogP contribution in [-0.2, 0) is 0 Å². The van der Waals surface area contributed by atoms with E-state index in [1.807, 2.05) is 11.8 Å². The summed E-state index contributed by atoms with van der Waals surface area (Å²) in [6.07, 6.45) is 24.3. The summed E-state index contributed by atoms with van der Waals surface area (Å²) in [6.45, 7) is 5.86. The number of unbranched alkanes of at least 4 members (excludes halogenated alkanes) is 12. The van der Waals surface area contributed by atoms with Crippen LogP contribution in [0.2, 0.25) is 0 Å². The van der Waals surface area contributed by atoms with E-state index in [0.29, 0.717) is 0 Å². The summed E-state index contributed by atoms with van der Waals surface area (Å²) < 4.78 is 0. The number of nitrogens with zero attached hydrogens (tertiary/aromatic N) is 2. The van der Waals surface area contributed by atoms with Crippen molar-refractivity contribution in [3.8, 4) is 0 Å². The van der Waals surface area contributed by atoms with E-state index >= 15 is 0 Å². The molecule has 0 bridgehead atoms. The Kier molecular flexibility index (Phi) is 14.6. The molecule has 1 aliphatic heterocycles. The van der Waals surface area contributed by atoms with Gasteiger partial charge in [-0.1, -0.05) is 76.9 Å². The second-order valence-corrected chi connectivity index (χ2v) is 7.81. The number of aliphatic hydroxyl groups excluding tert-OH is 1. The Morgan fingerprint density at radius 2 is 1.42 bits per heavy atom. The topological polar surface area (TPSA) is 35.8 Å². The van der Waals surface area contributed by atoms with Crippen LogP contribution in [0, 0.1) is 0 Å². The second-order valence-electron chi connectivity index (χ2n) is 7.81. The molecular formula is C23H44N2O. The van der Waals surface area contributed by atoms with E-state index in [-0.39, 0.29) is 6.23 Å². The summed E-state index contributed by atoms with van der Waals surface area (Å²) in [5, 5.41) is 9.70. The van der Waals surface area contributed by atoms with E-state index in [1.165, 1.54) is 89.9 Å². The van der Waals surface area contributed by atoms with Crippen LogP contribution in [0.3, 0.4) is 0 Å². The normalized spacial score (nSPS) is 15.8. The third kappa shape index (κ3) is 11.7. The number of aliphatic hydroxyl groups is 1. The largest absolute Gasteiger partial charge is 0.374 e. The Balaban J connectivity index is 1.81. The Labute approximate surface area is 163 Å². The van der Waals surface area contributed by atoms with Gasteiger partial charge in [-0.3, -0.25) is 4.99 Å². The van der Waals surface area contributed by atoms with E-state index in [1.54, 1.807) is 0 Å². The van der Waals surface area contributed by atoms with Crippen molar-refractivity contribution in [2.24, 2.45) is 4.99 Å². The minimum Gasteiger partial charge on any atom is -0.374 e. The molecule has 1 rings (SSSR count). The molecule has 1 heterocycles. The highest BCUT2D eigenvalue weighted by molar-refractivity contribution is 5.83. The summed E-state index contributed by atoms with van der Waals surface area (Å²) in [5.41, 5.74) is 0. The van der Waals surface area contributed by atoms with Crippen molar-refractivity contribution in [3.63, 3.8) is 0 Å². The molecule has 0 aromatic rings. The van der Waals surface area contributed by atoms with Crippen LogP contribution < -0.4 is 0 Å². The molecule has 0 aromatic carbocycles. The Hall–Kier alpha value is -0.830.